The summed E-state index contributed by atoms with van der Waals surface area (Å²) in [7, 11) is 0. The van der Waals surface area contributed by atoms with Crippen LogP contribution in [0.1, 0.15) is 26.7 Å². The first-order chi connectivity index (χ1) is 5.23. The third kappa shape index (κ3) is 1.74. The van der Waals surface area contributed by atoms with Crippen molar-refractivity contribution in [2.75, 3.05) is 19.7 Å². The molecule has 0 aromatic heterocycles. The number of hydrogen-bond donors (Lipinski definition) is 2. The predicted octanol–water partition coefficient (Wildman–Crippen LogP) is 1.00. The van der Waals surface area contributed by atoms with Gasteiger partial charge in [-0.25, -0.2) is 0 Å². The number of aliphatic hydroxyl groups is 1. The van der Waals surface area contributed by atoms with Gasteiger partial charge in [0.25, 0.3) is 0 Å². The van der Waals surface area contributed by atoms with Gasteiger partial charge >= 0.3 is 0 Å². The predicted molar refractivity (Wildman–Crippen MR) is 46.5 cm³/mol. The third-order valence-corrected chi connectivity index (χ3v) is 3.21. The molecule has 2 unspecified atom stereocenters. The topological polar surface area (TPSA) is 32.3 Å². The summed E-state index contributed by atoms with van der Waals surface area (Å²) in [6, 6.07) is 0. The molecule has 2 nitrogen and oxygen atoms in total. The van der Waals surface area contributed by atoms with Crippen molar-refractivity contribution in [3.8, 4) is 0 Å². The summed E-state index contributed by atoms with van der Waals surface area (Å²) in [5.41, 5.74) is 0.326. The molecule has 1 aliphatic rings. The molecule has 1 rings (SSSR count). The number of piperidine rings is 1. The van der Waals surface area contributed by atoms with Crippen LogP contribution in [0.15, 0.2) is 0 Å². The number of aliphatic hydroxyl groups excluding tert-OH is 1. The first-order valence-electron chi connectivity index (χ1n) is 4.54. The summed E-state index contributed by atoms with van der Waals surface area (Å²) < 4.78 is 0. The van der Waals surface area contributed by atoms with Crippen LogP contribution in [-0.2, 0) is 0 Å². The van der Waals surface area contributed by atoms with Crippen molar-refractivity contribution in [1.82, 2.24) is 5.32 Å². The molecular formula is C9H19NO. The number of rotatable bonds is 2. The van der Waals surface area contributed by atoms with E-state index in [1.807, 2.05) is 0 Å². The Labute approximate surface area is 69.0 Å². The van der Waals surface area contributed by atoms with Gasteiger partial charge in [-0.05, 0) is 30.7 Å². The maximum atomic E-state index is 9.13. The lowest BCUT2D eigenvalue weighted by molar-refractivity contribution is 0.0677. The van der Waals surface area contributed by atoms with Crippen molar-refractivity contribution in [3.05, 3.63) is 0 Å². The third-order valence-electron chi connectivity index (χ3n) is 3.21. The second kappa shape index (κ2) is 3.55. The average molecular weight is 157 g/mol. The Kier molecular flexibility index (Phi) is 2.90. The maximum absolute atomic E-state index is 9.13. The SMILES string of the molecule is CCC1(C)CNCCC1CO. The van der Waals surface area contributed by atoms with Gasteiger partial charge < -0.3 is 10.4 Å². The van der Waals surface area contributed by atoms with Crippen molar-refractivity contribution < 1.29 is 5.11 Å². The molecule has 1 fully saturated rings. The van der Waals surface area contributed by atoms with E-state index in [1.165, 1.54) is 0 Å². The fourth-order valence-corrected chi connectivity index (χ4v) is 1.87. The fourth-order valence-electron chi connectivity index (χ4n) is 1.87. The highest BCUT2D eigenvalue weighted by molar-refractivity contribution is 4.87. The molecule has 66 valence electrons. The molecule has 2 heteroatoms. The van der Waals surface area contributed by atoms with Gasteiger partial charge in [-0.2, -0.15) is 0 Å². The van der Waals surface area contributed by atoms with Crippen LogP contribution in [0.5, 0.6) is 0 Å². The second-order valence-corrected chi connectivity index (χ2v) is 3.85. The van der Waals surface area contributed by atoms with Gasteiger partial charge in [0, 0.05) is 13.2 Å². The first kappa shape index (κ1) is 9.01. The van der Waals surface area contributed by atoms with Crippen LogP contribution in [0.25, 0.3) is 0 Å². The zero-order chi connectivity index (χ0) is 8.32. The number of hydrogen-bond acceptors (Lipinski definition) is 2. The van der Waals surface area contributed by atoms with E-state index >= 15 is 0 Å². The molecular weight excluding hydrogens is 138 g/mol. The molecule has 0 aliphatic carbocycles. The van der Waals surface area contributed by atoms with Gasteiger partial charge in [-0.15, -0.1) is 0 Å². The normalized spacial score (nSPS) is 39.0. The maximum Gasteiger partial charge on any atom is 0.0465 e. The Balaban J connectivity index is 2.57. The number of nitrogens with one attached hydrogen (secondary N) is 1. The Bertz CT molecular complexity index is 127. The zero-order valence-electron chi connectivity index (χ0n) is 7.56. The van der Waals surface area contributed by atoms with E-state index < -0.39 is 0 Å². The van der Waals surface area contributed by atoms with Crippen molar-refractivity contribution in [2.24, 2.45) is 11.3 Å². The quantitative estimate of drug-likeness (QED) is 0.627. The standard InChI is InChI=1S/C9H19NO/c1-3-9(2)7-10-5-4-8(9)6-11/h8,10-11H,3-7H2,1-2H3. The fraction of sp³-hybridized carbons (Fsp3) is 1.00. The molecule has 2 N–H and O–H groups in total. The van der Waals surface area contributed by atoms with Crippen LogP contribution in [-0.4, -0.2) is 24.8 Å². The zero-order valence-corrected chi connectivity index (χ0v) is 7.56. The molecule has 0 radical (unpaired) electrons. The van der Waals surface area contributed by atoms with Crippen LogP contribution in [0.4, 0.5) is 0 Å². The molecule has 0 aromatic rings. The molecule has 0 amide bonds. The van der Waals surface area contributed by atoms with E-state index in [0.717, 1.165) is 25.9 Å². The molecule has 0 spiro atoms. The summed E-state index contributed by atoms with van der Waals surface area (Å²) in [5.74, 6) is 0.508. The molecule has 0 aromatic carbocycles. The monoisotopic (exact) mass is 157 g/mol. The van der Waals surface area contributed by atoms with Crippen molar-refractivity contribution >= 4 is 0 Å². The van der Waals surface area contributed by atoms with E-state index in [1.54, 1.807) is 0 Å². The van der Waals surface area contributed by atoms with Crippen molar-refractivity contribution in [2.45, 2.75) is 26.7 Å². The van der Waals surface area contributed by atoms with E-state index in [4.69, 9.17) is 5.11 Å². The lowest BCUT2D eigenvalue weighted by Crippen LogP contribution is -2.45. The highest BCUT2D eigenvalue weighted by atomic mass is 16.3. The molecule has 0 saturated carbocycles. The highest BCUT2D eigenvalue weighted by Gasteiger charge is 2.33. The first-order valence-corrected chi connectivity index (χ1v) is 4.54. The van der Waals surface area contributed by atoms with Crippen LogP contribution >= 0.6 is 0 Å². The van der Waals surface area contributed by atoms with E-state index in [-0.39, 0.29) is 0 Å². The summed E-state index contributed by atoms with van der Waals surface area (Å²) >= 11 is 0. The van der Waals surface area contributed by atoms with E-state index in [9.17, 15) is 0 Å². The summed E-state index contributed by atoms with van der Waals surface area (Å²) in [4.78, 5) is 0. The average Bonchev–Trinajstić information content (AvgIpc) is 2.05. The minimum atomic E-state index is 0.326. The summed E-state index contributed by atoms with van der Waals surface area (Å²) in [6.07, 6.45) is 2.28. The van der Waals surface area contributed by atoms with Crippen LogP contribution in [0, 0.1) is 11.3 Å². The molecule has 1 heterocycles. The van der Waals surface area contributed by atoms with Gasteiger partial charge in [-0.1, -0.05) is 13.8 Å². The van der Waals surface area contributed by atoms with Crippen LogP contribution in [0.3, 0.4) is 0 Å². The highest BCUT2D eigenvalue weighted by Crippen LogP contribution is 2.34. The minimum absolute atomic E-state index is 0.326. The lowest BCUT2D eigenvalue weighted by atomic mass is 9.72. The van der Waals surface area contributed by atoms with Crippen molar-refractivity contribution in [1.29, 1.82) is 0 Å². The molecule has 2 atom stereocenters. The van der Waals surface area contributed by atoms with Crippen molar-refractivity contribution in [3.63, 3.8) is 0 Å². The molecule has 11 heavy (non-hydrogen) atoms. The summed E-state index contributed by atoms with van der Waals surface area (Å²) in [6.45, 7) is 6.96. The van der Waals surface area contributed by atoms with E-state index in [2.05, 4.69) is 19.2 Å². The van der Waals surface area contributed by atoms with Gasteiger partial charge in [0.2, 0.25) is 0 Å². The smallest absolute Gasteiger partial charge is 0.0465 e. The Hall–Kier alpha value is -0.0800. The van der Waals surface area contributed by atoms with E-state index in [0.29, 0.717) is 17.9 Å². The van der Waals surface area contributed by atoms with Gasteiger partial charge in [0.05, 0.1) is 0 Å². The summed E-state index contributed by atoms with van der Waals surface area (Å²) in [5, 5.41) is 12.5. The second-order valence-electron chi connectivity index (χ2n) is 3.85. The van der Waals surface area contributed by atoms with Crippen LogP contribution in [0.2, 0.25) is 0 Å². The largest absolute Gasteiger partial charge is 0.396 e. The van der Waals surface area contributed by atoms with Crippen LogP contribution < -0.4 is 5.32 Å². The van der Waals surface area contributed by atoms with Gasteiger partial charge in [0.1, 0.15) is 0 Å². The Morgan fingerprint density at radius 2 is 2.36 bits per heavy atom. The molecule has 0 bridgehead atoms. The van der Waals surface area contributed by atoms with Gasteiger partial charge in [-0.3, -0.25) is 0 Å². The van der Waals surface area contributed by atoms with Gasteiger partial charge in [0.15, 0.2) is 0 Å². The lowest BCUT2D eigenvalue weighted by Gasteiger charge is -2.40. The molecule has 1 saturated heterocycles. The molecule has 1 aliphatic heterocycles. The Morgan fingerprint density at radius 3 is 2.82 bits per heavy atom. The minimum Gasteiger partial charge on any atom is -0.396 e. The Morgan fingerprint density at radius 1 is 1.64 bits per heavy atom.